The fourth-order valence-electron chi connectivity index (χ4n) is 0.943. The molecule has 5 nitrogen and oxygen atoms in total. The van der Waals surface area contributed by atoms with Crippen LogP contribution in [-0.2, 0) is 0 Å². The van der Waals surface area contributed by atoms with E-state index in [2.05, 4.69) is 20.9 Å². The van der Waals surface area contributed by atoms with Gasteiger partial charge in [0.2, 0.25) is 0 Å². The minimum atomic E-state index is -0.447. The number of hydrogen-bond donors (Lipinski definition) is 0. The topological polar surface area (TPSA) is 61.0 Å². The maximum absolute atomic E-state index is 10.5. The van der Waals surface area contributed by atoms with Gasteiger partial charge >= 0.3 is 5.82 Å². The molecule has 1 rings (SSSR count). The highest BCUT2D eigenvalue weighted by Crippen LogP contribution is 2.23. The number of imidazole rings is 1. The fourth-order valence-corrected chi connectivity index (χ4v) is 1.64. The lowest BCUT2D eigenvalue weighted by atomic mass is 10.4. The van der Waals surface area contributed by atoms with Gasteiger partial charge < -0.3 is 10.1 Å². The van der Waals surface area contributed by atoms with E-state index in [1.54, 1.807) is 0 Å². The molecule has 1 aromatic heterocycles. The van der Waals surface area contributed by atoms with E-state index in [9.17, 15) is 10.1 Å². The number of aromatic nitrogens is 2. The van der Waals surface area contributed by atoms with Gasteiger partial charge in [0.1, 0.15) is 6.20 Å². The third-order valence-electron chi connectivity index (χ3n) is 1.44. The van der Waals surface area contributed by atoms with Crippen molar-refractivity contribution in [2.45, 2.75) is 19.9 Å². The van der Waals surface area contributed by atoms with Crippen LogP contribution in [0.3, 0.4) is 0 Å². The molecule has 0 bridgehead atoms. The molecule has 1 heterocycles. The molecule has 0 aromatic carbocycles. The van der Waals surface area contributed by atoms with Crippen LogP contribution >= 0.6 is 15.9 Å². The van der Waals surface area contributed by atoms with Crippen LogP contribution in [0.1, 0.15) is 19.9 Å². The molecule has 0 unspecified atom stereocenters. The van der Waals surface area contributed by atoms with Crippen molar-refractivity contribution in [3.63, 3.8) is 0 Å². The Balaban J connectivity index is 3.21. The average molecular weight is 234 g/mol. The van der Waals surface area contributed by atoms with E-state index >= 15 is 0 Å². The first-order valence-corrected chi connectivity index (χ1v) is 4.20. The highest BCUT2D eigenvalue weighted by Gasteiger charge is 2.20. The highest BCUT2D eigenvalue weighted by atomic mass is 79.9. The smallest absolute Gasteiger partial charge is 0.343 e. The summed E-state index contributed by atoms with van der Waals surface area (Å²) >= 11 is 3.13. The Morgan fingerprint density at radius 1 is 1.75 bits per heavy atom. The minimum Gasteiger partial charge on any atom is -0.358 e. The molecule has 1 aromatic rings. The van der Waals surface area contributed by atoms with Gasteiger partial charge in [-0.15, -0.1) is 0 Å². The lowest BCUT2D eigenvalue weighted by molar-refractivity contribution is -0.392. The summed E-state index contributed by atoms with van der Waals surface area (Å²) in [6.45, 7) is 3.72. The molecule has 66 valence electrons. The van der Waals surface area contributed by atoms with Crippen LogP contribution in [0.2, 0.25) is 0 Å². The van der Waals surface area contributed by atoms with Crippen LogP contribution in [0, 0.1) is 10.1 Å². The van der Waals surface area contributed by atoms with Crippen molar-refractivity contribution in [1.29, 1.82) is 0 Å². The highest BCUT2D eigenvalue weighted by molar-refractivity contribution is 9.10. The number of nitro groups is 1. The molecule has 0 spiro atoms. The van der Waals surface area contributed by atoms with Crippen molar-refractivity contribution in [1.82, 2.24) is 9.55 Å². The summed E-state index contributed by atoms with van der Waals surface area (Å²) in [5.74, 6) is 0.0110. The van der Waals surface area contributed by atoms with Crippen molar-refractivity contribution < 1.29 is 4.92 Å². The second kappa shape index (κ2) is 3.22. The summed E-state index contributed by atoms with van der Waals surface area (Å²) in [6, 6.07) is 0.0299. The zero-order valence-corrected chi connectivity index (χ0v) is 8.28. The van der Waals surface area contributed by atoms with Crippen molar-refractivity contribution in [2.24, 2.45) is 0 Å². The van der Waals surface area contributed by atoms with Crippen LogP contribution in [0.25, 0.3) is 0 Å². The van der Waals surface area contributed by atoms with Crippen LogP contribution in [0.5, 0.6) is 0 Å². The Hall–Kier alpha value is -0.910. The van der Waals surface area contributed by atoms with Crippen molar-refractivity contribution >= 4 is 21.7 Å². The Labute approximate surface area is 77.7 Å². The molecule has 12 heavy (non-hydrogen) atoms. The molecular weight excluding hydrogens is 226 g/mol. The minimum absolute atomic E-state index is 0.0110. The maximum atomic E-state index is 10.5. The molecule has 0 radical (unpaired) electrons. The summed E-state index contributed by atoms with van der Waals surface area (Å²) < 4.78 is 2.00. The van der Waals surface area contributed by atoms with Gasteiger partial charge in [-0.25, -0.2) is 4.98 Å². The van der Waals surface area contributed by atoms with Crippen LogP contribution in [0.4, 0.5) is 5.82 Å². The quantitative estimate of drug-likeness (QED) is 0.581. The maximum Gasteiger partial charge on any atom is 0.343 e. The van der Waals surface area contributed by atoms with Crippen molar-refractivity contribution in [3.8, 4) is 0 Å². The van der Waals surface area contributed by atoms with Gasteiger partial charge in [-0.05, 0) is 18.8 Å². The summed E-state index contributed by atoms with van der Waals surface area (Å²) in [6.07, 6.45) is 1.24. The molecule has 0 aliphatic heterocycles. The molecule has 0 fully saturated rings. The van der Waals surface area contributed by atoms with E-state index in [1.165, 1.54) is 10.8 Å². The lowest BCUT2D eigenvalue weighted by Crippen LogP contribution is -2.05. The van der Waals surface area contributed by atoms with Crippen LogP contribution < -0.4 is 0 Å². The second-order valence-electron chi connectivity index (χ2n) is 2.61. The fraction of sp³-hybridized carbons (Fsp3) is 0.500. The van der Waals surface area contributed by atoms with Crippen LogP contribution in [0.15, 0.2) is 10.9 Å². The van der Waals surface area contributed by atoms with E-state index in [1.807, 2.05) is 13.8 Å². The normalized spacial score (nSPS) is 10.7. The summed E-state index contributed by atoms with van der Waals surface area (Å²) in [5, 5.41) is 10.5. The third kappa shape index (κ3) is 1.47. The first kappa shape index (κ1) is 9.18. The van der Waals surface area contributed by atoms with Gasteiger partial charge in [0.25, 0.3) is 4.73 Å². The van der Waals surface area contributed by atoms with E-state index in [0.29, 0.717) is 4.73 Å². The number of rotatable bonds is 2. The van der Waals surface area contributed by atoms with Crippen molar-refractivity contribution in [2.75, 3.05) is 0 Å². The number of halogens is 1. The molecule has 0 atom stereocenters. The van der Waals surface area contributed by atoms with Gasteiger partial charge in [0.15, 0.2) is 0 Å². The molecule has 0 N–H and O–H groups in total. The van der Waals surface area contributed by atoms with Gasteiger partial charge in [-0.1, -0.05) is 0 Å². The molecule has 0 aliphatic rings. The standard InChI is InChI=1S/C6H8BrN3O2/c1-4(2)9-5(10(11)12)3-8-6(9)7/h3-4H,1-2H3. The zero-order valence-electron chi connectivity index (χ0n) is 6.69. The predicted molar refractivity (Wildman–Crippen MR) is 47.0 cm³/mol. The van der Waals surface area contributed by atoms with Crippen molar-refractivity contribution in [3.05, 3.63) is 21.0 Å². The van der Waals surface area contributed by atoms with Gasteiger partial charge in [-0.2, -0.15) is 4.57 Å². The van der Waals surface area contributed by atoms with Gasteiger partial charge in [-0.3, -0.25) is 0 Å². The Bertz CT molecular complexity index is 308. The summed E-state index contributed by atoms with van der Waals surface area (Å²) in [5.41, 5.74) is 0. The van der Waals surface area contributed by atoms with Gasteiger partial charge in [0.05, 0.1) is 6.04 Å². The number of nitrogens with zero attached hydrogens (tertiary/aromatic N) is 3. The molecule has 0 amide bonds. The van der Waals surface area contributed by atoms with Crippen LogP contribution in [-0.4, -0.2) is 14.5 Å². The Morgan fingerprint density at radius 3 is 2.67 bits per heavy atom. The second-order valence-corrected chi connectivity index (χ2v) is 3.32. The molecular formula is C6H8BrN3O2. The summed E-state index contributed by atoms with van der Waals surface area (Å²) in [7, 11) is 0. The molecule has 0 saturated carbocycles. The average Bonchev–Trinajstić information content (AvgIpc) is 2.30. The van der Waals surface area contributed by atoms with Gasteiger partial charge in [0, 0.05) is 15.9 Å². The Morgan fingerprint density at radius 2 is 2.33 bits per heavy atom. The first-order chi connectivity index (χ1) is 5.54. The third-order valence-corrected chi connectivity index (χ3v) is 2.02. The molecule has 6 heteroatoms. The zero-order chi connectivity index (χ0) is 9.30. The van der Waals surface area contributed by atoms with E-state index in [4.69, 9.17) is 0 Å². The van der Waals surface area contributed by atoms with E-state index < -0.39 is 4.92 Å². The Kier molecular flexibility index (Phi) is 2.46. The number of hydrogen-bond acceptors (Lipinski definition) is 3. The first-order valence-electron chi connectivity index (χ1n) is 3.41. The SMILES string of the molecule is CC(C)n1c([N+](=O)[O-])cnc1Br. The molecule has 0 saturated heterocycles. The largest absolute Gasteiger partial charge is 0.358 e. The molecule has 0 aliphatic carbocycles. The monoisotopic (exact) mass is 233 g/mol. The van der Waals surface area contributed by atoms with E-state index in [0.717, 1.165) is 0 Å². The predicted octanol–water partition coefficient (Wildman–Crippen LogP) is 2.13. The van der Waals surface area contributed by atoms with E-state index in [-0.39, 0.29) is 11.9 Å². The summed E-state index contributed by atoms with van der Waals surface area (Å²) in [4.78, 5) is 13.8. The lowest BCUT2D eigenvalue weighted by Gasteiger charge is -2.03.